The number of esters is 1. The minimum absolute atomic E-state index is 0.148. The van der Waals surface area contributed by atoms with Crippen LogP contribution in [0.25, 0.3) is 11.3 Å². The van der Waals surface area contributed by atoms with Gasteiger partial charge in [-0.15, -0.1) is 11.3 Å². The maximum atomic E-state index is 12.6. The number of nitrogens with zero attached hydrogens (tertiary/aromatic N) is 3. The van der Waals surface area contributed by atoms with E-state index in [0.717, 1.165) is 30.3 Å². The third-order valence-electron chi connectivity index (χ3n) is 4.35. The van der Waals surface area contributed by atoms with Crippen LogP contribution >= 0.6 is 11.3 Å². The molecule has 9 nitrogen and oxygen atoms in total. The van der Waals surface area contributed by atoms with E-state index in [1.165, 1.54) is 30.1 Å². The average Bonchev–Trinajstić information content (AvgIpc) is 3.14. The standard InChI is InChI=1S/C18H27N5O4S/c1-4-10-23-15(19)14(16(25)22(2)18(23)26)12-11-28-17(21-12)20-9-7-5-6-8-13(24)27-3/h11H,4-10,19H2,1-3H3,(H,20,21). The fourth-order valence-corrected chi connectivity index (χ4v) is 3.53. The van der Waals surface area contributed by atoms with Gasteiger partial charge in [-0.3, -0.25) is 18.7 Å². The first-order chi connectivity index (χ1) is 13.4. The van der Waals surface area contributed by atoms with Gasteiger partial charge in [-0.1, -0.05) is 13.3 Å². The number of nitrogens with two attached hydrogens (primary N) is 1. The van der Waals surface area contributed by atoms with Gasteiger partial charge in [-0.2, -0.15) is 0 Å². The van der Waals surface area contributed by atoms with Gasteiger partial charge in [0, 0.05) is 31.9 Å². The first-order valence-corrected chi connectivity index (χ1v) is 10.1. The molecule has 3 N–H and O–H groups in total. The van der Waals surface area contributed by atoms with Gasteiger partial charge in [0.2, 0.25) is 0 Å². The molecular weight excluding hydrogens is 382 g/mol. The highest BCUT2D eigenvalue weighted by Gasteiger charge is 2.19. The van der Waals surface area contributed by atoms with E-state index in [0.29, 0.717) is 30.3 Å². The second-order valence-electron chi connectivity index (χ2n) is 6.41. The molecule has 0 amide bonds. The van der Waals surface area contributed by atoms with Crippen LogP contribution in [0.3, 0.4) is 0 Å². The molecule has 154 valence electrons. The quantitative estimate of drug-likeness (QED) is 0.453. The van der Waals surface area contributed by atoms with E-state index in [4.69, 9.17) is 5.73 Å². The molecule has 0 saturated heterocycles. The molecule has 0 radical (unpaired) electrons. The van der Waals surface area contributed by atoms with Crippen molar-refractivity contribution in [1.82, 2.24) is 14.1 Å². The highest BCUT2D eigenvalue weighted by molar-refractivity contribution is 7.14. The predicted octanol–water partition coefficient (Wildman–Crippen LogP) is 1.81. The van der Waals surface area contributed by atoms with Crippen LogP contribution in [0.2, 0.25) is 0 Å². The summed E-state index contributed by atoms with van der Waals surface area (Å²) in [6.45, 7) is 3.08. The van der Waals surface area contributed by atoms with Crippen molar-refractivity contribution in [3.63, 3.8) is 0 Å². The molecular formula is C18H27N5O4S. The van der Waals surface area contributed by atoms with E-state index in [9.17, 15) is 14.4 Å². The molecule has 2 rings (SSSR count). The first kappa shape index (κ1) is 21.7. The number of rotatable bonds is 10. The summed E-state index contributed by atoms with van der Waals surface area (Å²) in [6, 6.07) is 0. The maximum absolute atomic E-state index is 12.6. The fourth-order valence-electron chi connectivity index (χ4n) is 2.80. The number of ether oxygens (including phenoxy) is 1. The number of unbranched alkanes of at least 4 members (excludes halogenated alkanes) is 2. The largest absolute Gasteiger partial charge is 0.469 e. The van der Waals surface area contributed by atoms with Crippen LogP contribution in [-0.4, -0.2) is 33.7 Å². The molecule has 2 aromatic rings. The predicted molar refractivity (Wildman–Crippen MR) is 111 cm³/mol. The summed E-state index contributed by atoms with van der Waals surface area (Å²) in [5.41, 5.74) is 5.96. The molecule has 0 aromatic carbocycles. The lowest BCUT2D eigenvalue weighted by Crippen LogP contribution is -2.40. The number of carbonyl (C=O) groups excluding carboxylic acids is 1. The summed E-state index contributed by atoms with van der Waals surface area (Å²) in [7, 11) is 2.83. The van der Waals surface area contributed by atoms with Crippen LogP contribution in [0.5, 0.6) is 0 Å². The van der Waals surface area contributed by atoms with Crippen LogP contribution < -0.4 is 22.3 Å². The van der Waals surface area contributed by atoms with Gasteiger partial charge in [-0.25, -0.2) is 9.78 Å². The van der Waals surface area contributed by atoms with E-state index in [1.54, 1.807) is 5.38 Å². The minimum Gasteiger partial charge on any atom is -0.469 e. The van der Waals surface area contributed by atoms with Gasteiger partial charge >= 0.3 is 11.7 Å². The SMILES string of the molecule is CCCn1c(N)c(-c2csc(NCCCCCC(=O)OC)n2)c(=O)n(C)c1=O. The van der Waals surface area contributed by atoms with Crippen LogP contribution in [0.4, 0.5) is 10.9 Å². The Bertz CT molecular complexity index is 931. The number of hydrogen-bond acceptors (Lipinski definition) is 8. The van der Waals surface area contributed by atoms with Crippen molar-refractivity contribution in [3.8, 4) is 11.3 Å². The van der Waals surface area contributed by atoms with Crippen molar-refractivity contribution in [2.45, 2.75) is 45.6 Å². The Kier molecular flexibility index (Phi) is 7.80. The van der Waals surface area contributed by atoms with Crippen molar-refractivity contribution in [1.29, 1.82) is 0 Å². The molecule has 0 aliphatic heterocycles. The number of anilines is 2. The monoisotopic (exact) mass is 409 g/mol. The van der Waals surface area contributed by atoms with Crippen molar-refractivity contribution in [3.05, 3.63) is 26.2 Å². The highest BCUT2D eigenvalue weighted by atomic mass is 32.1. The number of carbonyl (C=O) groups is 1. The van der Waals surface area contributed by atoms with E-state index in [-0.39, 0.29) is 17.4 Å². The van der Waals surface area contributed by atoms with Crippen molar-refractivity contribution in [2.24, 2.45) is 7.05 Å². The minimum atomic E-state index is -0.450. The lowest BCUT2D eigenvalue weighted by Gasteiger charge is -2.13. The lowest BCUT2D eigenvalue weighted by atomic mass is 10.2. The van der Waals surface area contributed by atoms with Gasteiger partial charge < -0.3 is 15.8 Å². The lowest BCUT2D eigenvalue weighted by molar-refractivity contribution is -0.140. The third kappa shape index (κ3) is 5.00. The molecule has 0 aliphatic rings. The Labute approximate surface area is 167 Å². The summed E-state index contributed by atoms with van der Waals surface area (Å²) in [5, 5.41) is 5.65. The Hall–Kier alpha value is -2.62. The van der Waals surface area contributed by atoms with E-state index in [2.05, 4.69) is 15.0 Å². The molecule has 2 heterocycles. The summed E-state index contributed by atoms with van der Waals surface area (Å²) >= 11 is 1.38. The molecule has 0 aliphatic carbocycles. The van der Waals surface area contributed by atoms with E-state index < -0.39 is 11.2 Å². The zero-order chi connectivity index (χ0) is 20.7. The average molecular weight is 410 g/mol. The summed E-state index contributed by atoms with van der Waals surface area (Å²) in [4.78, 5) is 40.4. The summed E-state index contributed by atoms with van der Waals surface area (Å²) in [5.74, 6) is -0.0456. The van der Waals surface area contributed by atoms with Crippen molar-refractivity contribution >= 4 is 28.3 Å². The van der Waals surface area contributed by atoms with Gasteiger partial charge in [0.15, 0.2) is 5.13 Å². The molecule has 0 fully saturated rings. The molecule has 2 aromatic heterocycles. The number of thiazole rings is 1. The van der Waals surface area contributed by atoms with E-state index in [1.807, 2.05) is 6.92 Å². The Balaban J connectivity index is 2.07. The Morgan fingerprint density at radius 1 is 1.32 bits per heavy atom. The van der Waals surface area contributed by atoms with Crippen LogP contribution in [0.15, 0.2) is 15.0 Å². The zero-order valence-corrected chi connectivity index (χ0v) is 17.3. The topological polar surface area (TPSA) is 121 Å². The molecule has 0 unspecified atom stereocenters. The number of methoxy groups -OCH3 is 1. The second-order valence-corrected chi connectivity index (χ2v) is 7.27. The molecule has 10 heteroatoms. The van der Waals surface area contributed by atoms with Crippen molar-refractivity contribution < 1.29 is 9.53 Å². The van der Waals surface area contributed by atoms with Crippen LogP contribution in [0, 0.1) is 0 Å². The summed E-state index contributed by atoms with van der Waals surface area (Å²) < 4.78 is 7.08. The van der Waals surface area contributed by atoms with Gasteiger partial charge in [0.25, 0.3) is 5.56 Å². The Morgan fingerprint density at radius 3 is 2.75 bits per heavy atom. The van der Waals surface area contributed by atoms with Gasteiger partial charge in [0.1, 0.15) is 11.4 Å². The van der Waals surface area contributed by atoms with Gasteiger partial charge in [-0.05, 0) is 19.3 Å². The highest BCUT2D eigenvalue weighted by Crippen LogP contribution is 2.26. The maximum Gasteiger partial charge on any atom is 0.332 e. The Morgan fingerprint density at radius 2 is 2.07 bits per heavy atom. The van der Waals surface area contributed by atoms with Gasteiger partial charge in [0.05, 0.1) is 12.8 Å². The second kappa shape index (κ2) is 10.1. The molecule has 0 saturated carbocycles. The normalized spacial score (nSPS) is 10.8. The number of nitrogen functional groups attached to an aromatic ring is 1. The fraction of sp³-hybridized carbons (Fsp3) is 0.556. The first-order valence-electron chi connectivity index (χ1n) is 9.26. The molecule has 0 spiro atoms. The molecule has 28 heavy (non-hydrogen) atoms. The smallest absolute Gasteiger partial charge is 0.332 e. The summed E-state index contributed by atoms with van der Waals surface area (Å²) in [6.07, 6.45) is 3.71. The van der Waals surface area contributed by atoms with Crippen LogP contribution in [0.1, 0.15) is 39.0 Å². The van der Waals surface area contributed by atoms with Crippen LogP contribution in [-0.2, 0) is 23.1 Å². The third-order valence-corrected chi connectivity index (χ3v) is 5.15. The van der Waals surface area contributed by atoms with Crippen molar-refractivity contribution in [2.75, 3.05) is 24.7 Å². The number of aromatic nitrogens is 3. The number of nitrogens with one attached hydrogen (secondary N) is 1. The van der Waals surface area contributed by atoms with E-state index >= 15 is 0 Å². The number of hydrogen-bond donors (Lipinski definition) is 2. The molecule has 0 bridgehead atoms. The molecule has 0 atom stereocenters. The zero-order valence-electron chi connectivity index (χ0n) is 16.5.